The van der Waals surface area contributed by atoms with Crippen molar-refractivity contribution >= 4 is 5.97 Å². The minimum absolute atomic E-state index is 0.0115. The van der Waals surface area contributed by atoms with Crippen LogP contribution in [0.5, 0.6) is 0 Å². The quantitative estimate of drug-likeness (QED) is 0.304. The summed E-state index contributed by atoms with van der Waals surface area (Å²) >= 11 is 0. The van der Waals surface area contributed by atoms with Gasteiger partial charge >= 0.3 is 5.97 Å². The number of esters is 1. The van der Waals surface area contributed by atoms with Crippen LogP contribution < -0.4 is 0 Å². The Bertz CT molecular complexity index is 678. The van der Waals surface area contributed by atoms with Gasteiger partial charge in [0.25, 0.3) is 0 Å². The zero-order chi connectivity index (χ0) is 22.2. The average molecular weight is 429 g/mol. The van der Waals surface area contributed by atoms with Crippen molar-refractivity contribution in [1.29, 1.82) is 0 Å². The molecule has 3 fully saturated rings. The number of allylic oxidation sites excluding steroid dienone is 2. The minimum Gasteiger partial charge on any atom is -0.469 e. The Balaban J connectivity index is 1.53. The van der Waals surface area contributed by atoms with Gasteiger partial charge in [0, 0.05) is 6.42 Å². The molecule has 2 heteroatoms. The Hall–Kier alpha value is -0.790. The SMILES string of the molecule is COC(=O)C[C@H](CCCC(C)C)[C@H]1CC[C@H]2[C@@H]3CCC4=CCCC[C@]4(C)[C@H]3CC[C@]12C. The molecule has 0 aromatic heterocycles. The van der Waals surface area contributed by atoms with Crippen molar-refractivity contribution in [3.8, 4) is 0 Å². The summed E-state index contributed by atoms with van der Waals surface area (Å²) in [4.78, 5) is 12.3. The molecule has 4 rings (SSSR count). The number of fused-ring (bicyclic) bond motifs is 5. The molecule has 0 bridgehead atoms. The van der Waals surface area contributed by atoms with E-state index in [9.17, 15) is 4.79 Å². The number of carbonyl (C=O) groups excluding carboxylic acids is 1. The molecular formula is C29H48O2. The van der Waals surface area contributed by atoms with Crippen LogP contribution >= 0.6 is 0 Å². The molecule has 0 spiro atoms. The van der Waals surface area contributed by atoms with Gasteiger partial charge in [0.15, 0.2) is 0 Å². The van der Waals surface area contributed by atoms with Gasteiger partial charge in [-0.05, 0) is 111 Å². The van der Waals surface area contributed by atoms with E-state index in [1.807, 2.05) is 5.57 Å². The largest absolute Gasteiger partial charge is 0.469 e. The Morgan fingerprint density at radius 1 is 1.10 bits per heavy atom. The maximum Gasteiger partial charge on any atom is 0.305 e. The highest BCUT2D eigenvalue weighted by Gasteiger charge is 2.59. The molecule has 4 aliphatic rings. The Morgan fingerprint density at radius 3 is 2.65 bits per heavy atom. The second-order valence-corrected chi connectivity index (χ2v) is 12.5. The molecule has 0 N–H and O–H groups in total. The Morgan fingerprint density at radius 2 is 1.90 bits per heavy atom. The van der Waals surface area contributed by atoms with Crippen LogP contribution in [0.1, 0.15) is 111 Å². The van der Waals surface area contributed by atoms with Crippen molar-refractivity contribution in [3.05, 3.63) is 11.6 Å². The number of hydrogen-bond acceptors (Lipinski definition) is 2. The first-order valence-corrected chi connectivity index (χ1v) is 13.6. The standard InChI is InChI=1S/C29H48O2/c1-20(2)9-8-10-21(19-27(30)31-5)24-14-15-25-23-13-12-22-11-6-7-17-28(22,3)26(23)16-18-29(24,25)4/h11,20-21,23-26H,6-10,12-19H2,1-5H3/t21-,23-,24+,25-,26-,28-,29+/m0/s1. The summed E-state index contributed by atoms with van der Waals surface area (Å²) < 4.78 is 5.15. The summed E-state index contributed by atoms with van der Waals surface area (Å²) in [6.45, 7) is 9.89. The van der Waals surface area contributed by atoms with E-state index in [1.165, 1.54) is 77.0 Å². The van der Waals surface area contributed by atoms with Crippen LogP contribution in [-0.4, -0.2) is 13.1 Å². The highest BCUT2D eigenvalue weighted by molar-refractivity contribution is 5.69. The molecule has 0 aromatic carbocycles. The summed E-state index contributed by atoms with van der Waals surface area (Å²) in [6.07, 6.45) is 19.5. The van der Waals surface area contributed by atoms with E-state index in [1.54, 1.807) is 7.11 Å². The van der Waals surface area contributed by atoms with Crippen LogP contribution in [0.3, 0.4) is 0 Å². The third-order valence-electron chi connectivity index (χ3n) is 10.7. The molecule has 0 amide bonds. The van der Waals surface area contributed by atoms with Crippen molar-refractivity contribution in [1.82, 2.24) is 0 Å². The normalized spacial score (nSPS) is 40.5. The lowest BCUT2D eigenvalue weighted by Gasteiger charge is -2.58. The van der Waals surface area contributed by atoms with E-state index >= 15 is 0 Å². The van der Waals surface area contributed by atoms with E-state index < -0.39 is 0 Å². The predicted molar refractivity (Wildman–Crippen MR) is 129 cm³/mol. The van der Waals surface area contributed by atoms with Gasteiger partial charge in [0.05, 0.1) is 7.11 Å². The van der Waals surface area contributed by atoms with E-state index in [0.29, 0.717) is 29.1 Å². The highest BCUT2D eigenvalue weighted by Crippen LogP contribution is 2.68. The van der Waals surface area contributed by atoms with Crippen LogP contribution in [0.4, 0.5) is 0 Å². The van der Waals surface area contributed by atoms with Crippen LogP contribution in [0.15, 0.2) is 11.6 Å². The second-order valence-electron chi connectivity index (χ2n) is 12.5. The van der Waals surface area contributed by atoms with Gasteiger partial charge in [-0.15, -0.1) is 0 Å². The molecule has 0 unspecified atom stereocenters. The summed E-state index contributed by atoms with van der Waals surface area (Å²) in [5, 5.41) is 0. The monoisotopic (exact) mass is 428 g/mol. The molecule has 0 saturated heterocycles. The topological polar surface area (TPSA) is 26.3 Å². The number of methoxy groups -OCH3 is 1. The lowest BCUT2D eigenvalue weighted by molar-refractivity contribution is -0.143. The van der Waals surface area contributed by atoms with Crippen LogP contribution in [-0.2, 0) is 9.53 Å². The van der Waals surface area contributed by atoms with Gasteiger partial charge in [-0.25, -0.2) is 0 Å². The fraction of sp³-hybridized carbons (Fsp3) is 0.897. The van der Waals surface area contributed by atoms with Crippen LogP contribution in [0.2, 0.25) is 0 Å². The number of carbonyl (C=O) groups is 1. The van der Waals surface area contributed by atoms with Gasteiger partial charge in [-0.1, -0.05) is 52.2 Å². The third kappa shape index (κ3) is 4.26. The van der Waals surface area contributed by atoms with E-state index in [2.05, 4.69) is 33.8 Å². The Labute approximate surface area is 192 Å². The van der Waals surface area contributed by atoms with Crippen molar-refractivity contribution < 1.29 is 9.53 Å². The highest BCUT2D eigenvalue weighted by atomic mass is 16.5. The second kappa shape index (κ2) is 9.22. The zero-order valence-corrected chi connectivity index (χ0v) is 21.1. The van der Waals surface area contributed by atoms with Gasteiger partial charge in [-0.2, -0.15) is 0 Å². The lowest BCUT2D eigenvalue weighted by atomic mass is 9.46. The molecule has 0 aromatic rings. The van der Waals surface area contributed by atoms with Crippen LogP contribution in [0, 0.1) is 46.3 Å². The summed E-state index contributed by atoms with van der Waals surface area (Å²) in [7, 11) is 1.57. The van der Waals surface area contributed by atoms with E-state index in [4.69, 9.17) is 4.74 Å². The molecule has 0 radical (unpaired) electrons. The molecule has 0 aliphatic heterocycles. The molecule has 3 saturated carbocycles. The first-order valence-electron chi connectivity index (χ1n) is 13.6. The lowest BCUT2D eigenvalue weighted by Crippen LogP contribution is -2.50. The maximum absolute atomic E-state index is 12.3. The first kappa shape index (κ1) is 23.4. The molecule has 2 nitrogen and oxygen atoms in total. The summed E-state index contributed by atoms with van der Waals surface area (Å²) in [6, 6.07) is 0. The number of hydrogen-bond donors (Lipinski definition) is 0. The molecule has 0 heterocycles. The maximum atomic E-state index is 12.3. The van der Waals surface area contributed by atoms with Crippen molar-refractivity contribution in [2.45, 2.75) is 111 Å². The molecular weight excluding hydrogens is 380 g/mol. The first-order chi connectivity index (χ1) is 14.8. The molecule has 4 aliphatic carbocycles. The van der Waals surface area contributed by atoms with E-state index in [-0.39, 0.29) is 5.97 Å². The van der Waals surface area contributed by atoms with Crippen molar-refractivity contribution in [3.63, 3.8) is 0 Å². The van der Waals surface area contributed by atoms with Gasteiger partial charge in [-0.3, -0.25) is 4.79 Å². The van der Waals surface area contributed by atoms with Gasteiger partial charge < -0.3 is 4.74 Å². The molecule has 176 valence electrons. The zero-order valence-electron chi connectivity index (χ0n) is 21.1. The number of ether oxygens (including phenoxy) is 1. The van der Waals surface area contributed by atoms with Crippen molar-refractivity contribution in [2.75, 3.05) is 7.11 Å². The van der Waals surface area contributed by atoms with E-state index in [0.717, 1.165) is 23.7 Å². The van der Waals surface area contributed by atoms with Gasteiger partial charge in [0.2, 0.25) is 0 Å². The summed E-state index contributed by atoms with van der Waals surface area (Å²) in [5.74, 6) is 4.69. The third-order valence-corrected chi connectivity index (χ3v) is 10.7. The number of rotatable bonds is 7. The average Bonchev–Trinajstić information content (AvgIpc) is 3.09. The summed E-state index contributed by atoms with van der Waals surface area (Å²) in [5.41, 5.74) is 2.74. The fourth-order valence-electron chi connectivity index (χ4n) is 9.10. The predicted octanol–water partition coefficient (Wildman–Crippen LogP) is 7.96. The van der Waals surface area contributed by atoms with Crippen LogP contribution in [0.25, 0.3) is 0 Å². The van der Waals surface area contributed by atoms with Gasteiger partial charge in [0.1, 0.15) is 0 Å². The molecule has 7 atom stereocenters. The fourth-order valence-corrected chi connectivity index (χ4v) is 9.10. The Kier molecular flexibility index (Phi) is 6.95. The molecule has 31 heavy (non-hydrogen) atoms. The smallest absolute Gasteiger partial charge is 0.305 e. The van der Waals surface area contributed by atoms with Crippen molar-refractivity contribution in [2.24, 2.45) is 46.3 Å². The minimum atomic E-state index is 0.0115.